The predicted octanol–water partition coefficient (Wildman–Crippen LogP) is 4.89. The fraction of sp³-hybridized carbons (Fsp3) is 0.353. The van der Waals surface area contributed by atoms with Crippen LogP contribution >= 0.6 is 11.3 Å². The lowest BCUT2D eigenvalue weighted by molar-refractivity contribution is 0.104. The van der Waals surface area contributed by atoms with Gasteiger partial charge in [-0.3, -0.25) is 4.79 Å². The molecule has 2 rings (SSSR count). The molecule has 0 radical (unpaired) electrons. The molecule has 1 nitrogen and oxygen atoms in total. The van der Waals surface area contributed by atoms with E-state index in [0.29, 0.717) is 0 Å². The van der Waals surface area contributed by atoms with E-state index in [1.165, 1.54) is 10.4 Å². The van der Waals surface area contributed by atoms with Gasteiger partial charge in [-0.15, -0.1) is 11.3 Å². The first-order chi connectivity index (χ1) is 8.79. The lowest BCUT2D eigenvalue weighted by Crippen LogP contribution is -2.08. The van der Waals surface area contributed by atoms with E-state index >= 15 is 0 Å². The first-order valence-corrected chi connectivity index (χ1v) is 7.33. The highest BCUT2D eigenvalue weighted by atomic mass is 32.1. The second-order valence-corrected chi connectivity index (χ2v) is 7.15. The summed E-state index contributed by atoms with van der Waals surface area (Å²) in [6.07, 6.45) is 0. The van der Waals surface area contributed by atoms with Crippen LogP contribution < -0.4 is 0 Å². The van der Waals surface area contributed by atoms with E-state index in [0.717, 1.165) is 16.0 Å². The second-order valence-electron chi connectivity index (χ2n) is 6.06. The van der Waals surface area contributed by atoms with Crippen LogP contribution in [0.2, 0.25) is 0 Å². The van der Waals surface area contributed by atoms with Gasteiger partial charge in [0.2, 0.25) is 5.78 Å². The molecule has 0 aliphatic carbocycles. The fourth-order valence-corrected chi connectivity index (χ4v) is 3.08. The van der Waals surface area contributed by atoms with Gasteiger partial charge in [-0.25, -0.2) is 0 Å². The molecule has 0 aliphatic rings. The van der Waals surface area contributed by atoms with Crippen LogP contribution in [0.1, 0.15) is 52.0 Å². The number of ketones is 1. The molecule has 0 amide bonds. The van der Waals surface area contributed by atoms with Crippen LogP contribution in [-0.2, 0) is 5.41 Å². The first-order valence-electron chi connectivity index (χ1n) is 6.51. The first kappa shape index (κ1) is 14.0. The van der Waals surface area contributed by atoms with Gasteiger partial charge >= 0.3 is 0 Å². The monoisotopic (exact) mass is 272 g/mol. The molecule has 0 atom stereocenters. The van der Waals surface area contributed by atoms with E-state index in [1.807, 2.05) is 32.0 Å². The molecule has 0 saturated carbocycles. The minimum Gasteiger partial charge on any atom is -0.288 e. The highest BCUT2D eigenvalue weighted by Crippen LogP contribution is 2.31. The summed E-state index contributed by atoms with van der Waals surface area (Å²) in [5.74, 6) is 0.137. The van der Waals surface area contributed by atoms with Crippen LogP contribution in [0.5, 0.6) is 0 Å². The minimum absolute atomic E-state index is 0.103. The Morgan fingerprint density at radius 2 is 1.74 bits per heavy atom. The third kappa shape index (κ3) is 2.95. The Labute approximate surface area is 119 Å². The van der Waals surface area contributed by atoms with E-state index < -0.39 is 0 Å². The molecule has 0 aliphatic heterocycles. The van der Waals surface area contributed by atoms with Crippen LogP contribution in [0.25, 0.3) is 0 Å². The number of benzene rings is 1. The zero-order valence-electron chi connectivity index (χ0n) is 12.2. The molecule has 0 N–H and O–H groups in total. The van der Waals surface area contributed by atoms with Crippen LogP contribution in [0, 0.1) is 13.8 Å². The van der Waals surface area contributed by atoms with Crippen molar-refractivity contribution < 1.29 is 4.79 Å². The van der Waals surface area contributed by atoms with Gasteiger partial charge in [0.1, 0.15) is 0 Å². The molecular formula is C17H20OS. The standard InChI is InChI=1S/C17H20OS/c1-11-6-7-13(12(2)10-11)16(18)14-8-9-15(19-14)17(3,4)5/h6-10H,1-5H3. The molecule has 0 unspecified atom stereocenters. The van der Waals surface area contributed by atoms with E-state index in [9.17, 15) is 4.79 Å². The fourth-order valence-electron chi connectivity index (χ4n) is 2.06. The third-order valence-corrected chi connectivity index (χ3v) is 4.71. The Morgan fingerprint density at radius 1 is 1.05 bits per heavy atom. The van der Waals surface area contributed by atoms with E-state index in [-0.39, 0.29) is 11.2 Å². The third-order valence-electron chi connectivity index (χ3n) is 3.20. The maximum Gasteiger partial charge on any atom is 0.203 e. The molecule has 1 aromatic carbocycles. The molecule has 1 aromatic heterocycles. The molecule has 1 heterocycles. The van der Waals surface area contributed by atoms with Crippen molar-refractivity contribution in [3.63, 3.8) is 0 Å². The largest absolute Gasteiger partial charge is 0.288 e. The van der Waals surface area contributed by atoms with Crippen molar-refractivity contribution in [3.8, 4) is 0 Å². The van der Waals surface area contributed by atoms with E-state index in [4.69, 9.17) is 0 Å². The second kappa shape index (κ2) is 4.93. The van der Waals surface area contributed by atoms with E-state index in [1.54, 1.807) is 11.3 Å². The molecule has 0 bridgehead atoms. The van der Waals surface area contributed by atoms with Gasteiger partial charge in [0.25, 0.3) is 0 Å². The SMILES string of the molecule is Cc1ccc(C(=O)c2ccc(C(C)(C)C)s2)c(C)c1. The van der Waals surface area contributed by atoms with Gasteiger partial charge in [0.15, 0.2) is 0 Å². The van der Waals surface area contributed by atoms with Crippen molar-refractivity contribution in [3.05, 3.63) is 56.8 Å². The maximum atomic E-state index is 12.5. The average molecular weight is 272 g/mol. The van der Waals surface area contributed by atoms with Crippen molar-refractivity contribution in [2.45, 2.75) is 40.0 Å². The van der Waals surface area contributed by atoms with Gasteiger partial charge in [0, 0.05) is 10.4 Å². The van der Waals surface area contributed by atoms with Gasteiger partial charge in [-0.1, -0.05) is 44.5 Å². The zero-order chi connectivity index (χ0) is 14.2. The van der Waals surface area contributed by atoms with Gasteiger partial charge in [0.05, 0.1) is 4.88 Å². The molecule has 2 heteroatoms. The molecular weight excluding hydrogens is 252 g/mol. The smallest absolute Gasteiger partial charge is 0.203 e. The summed E-state index contributed by atoms with van der Waals surface area (Å²) in [6, 6.07) is 10.0. The van der Waals surface area contributed by atoms with Crippen molar-refractivity contribution in [2.24, 2.45) is 0 Å². The number of hydrogen-bond donors (Lipinski definition) is 0. The number of rotatable bonds is 2. The van der Waals surface area contributed by atoms with E-state index in [2.05, 4.69) is 32.9 Å². The number of carbonyl (C=O) groups is 1. The number of hydrogen-bond acceptors (Lipinski definition) is 2. The van der Waals surface area contributed by atoms with Gasteiger partial charge in [-0.05, 0) is 37.0 Å². The molecule has 100 valence electrons. The quantitative estimate of drug-likeness (QED) is 0.711. The number of carbonyl (C=O) groups excluding carboxylic acids is 1. The van der Waals surface area contributed by atoms with Gasteiger partial charge in [-0.2, -0.15) is 0 Å². The highest BCUT2D eigenvalue weighted by Gasteiger charge is 2.19. The molecule has 2 aromatic rings. The molecule has 0 saturated heterocycles. The maximum absolute atomic E-state index is 12.5. The number of thiophene rings is 1. The normalized spacial score (nSPS) is 11.6. The summed E-state index contributed by atoms with van der Waals surface area (Å²) < 4.78 is 0. The average Bonchev–Trinajstić information content (AvgIpc) is 2.76. The van der Waals surface area contributed by atoms with Crippen LogP contribution in [0.4, 0.5) is 0 Å². The summed E-state index contributed by atoms with van der Waals surface area (Å²) in [7, 11) is 0. The summed E-state index contributed by atoms with van der Waals surface area (Å²) in [6.45, 7) is 10.6. The lowest BCUT2D eigenvalue weighted by atomic mass is 9.95. The van der Waals surface area contributed by atoms with Crippen LogP contribution in [0.15, 0.2) is 30.3 Å². The molecule has 19 heavy (non-hydrogen) atoms. The van der Waals surface area contributed by atoms with Crippen molar-refractivity contribution in [1.29, 1.82) is 0 Å². The Balaban J connectivity index is 2.37. The molecule has 0 spiro atoms. The Morgan fingerprint density at radius 3 is 2.26 bits per heavy atom. The number of aryl methyl sites for hydroxylation is 2. The Hall–Kier alpha value is -1.41. The van der Waals surface area contributed by atoms with Crippen molar-refractivity contribution in [1.82, 2.24) is 0 Å². The summed E-state index contributed by atoms with van der Waals surface area (Å²) in [5, 5.41) is 0. The summed E-state index contributed by atoms with van der Waals surface area (Å²) in [5.41, 5.74) is 3.16. The van der Waals surface area contributed by atoms with Crippen molar-refractivity contribution >= 4 is 17.1 Å². The lowest BCUT2D eigenvalue weighted by Gasteiger charge is -2.15. The summed E-state index contributed by atoms with van der Waals surface area (Å²) in [4.78, 5) is 14.6. The Kier molecular flexibility index (Phi) is 3.64. The predicted molar refractivity (Wildman–Crippen MR) is 82.4 cm³/mol. The highest BCUT2D eigenvalue weighted by molar-refractivity contribution is 7.14. The van der Waals surface area contributed by atoms with Crippen LogP contribution in [-0.4, -0.2) is 5.78 Å². The van der Waals surface area contributed by atoms with Gasteiger partial charge < -0.3 is 0 Å². The van der Waals surface area contributed by atoms with Crippen LogP contribution in [0.3, 0.4) is 0 Å². The topological polar surface area (TPSA) is 17.1 Å². The minimum atomic E-state index is 0.103. The molecule has 0 fully saturated rings. The van der Waals surface area contributed by atoms with Crippen molar-refractivity contribution in [2.75, 3.05) is 0 Å². The Bertz CT molecular complexity index is 614. The summed E-state index contributed by atoms with van der Waals surface area (Å²) >= 11 is 1.61. The zero-order valence-corrected chi connectivity index (χ0v) is 13.0.